The fourth-order valence-electron chi connectivity index (χ4n) is 2.88. The Kier molecular flexibility index (Phi) is 4.21. The minimum Gasteiger partial charge on any atom is -0.373 e. The largest absolute Gasteiger partial charge is 0.373 e. The molecule has 1 aliphatic carbocycles. The number of rotatable bonds is 4. The molecule has 0 saturated carbocycles. The molecule has 2 unspecified atom stereocenters. The van der Waals surface area contributed by atoms with E-state index in [1.807, 2.05) is 6.08 Å². The molecule has 0 aromatic rings. The summed E-state index contributed by atoms with van der Waals surface area (Å²) >= 11 is 0. The van der Waals surface area contributed by atoms with E-state index in [0.29, 0.717) is 5.70 Å². The van der Waals surface area contributed by atoms with Crippen molar-refractivity contribution in [3.63, 3.8) is 0 Å². The molecule has 126 valence electrons. The van der Waals surface area contributed by atoms with Gasteiger partial charge in [-0.15, -0.1) is 0 Å². The van der Waals surface area contributed by atoms with Crippen molar-refractivity contribution >= 4 is 17.3 Å². The molecular formula is C17H19N3O4. The lowest BCUT2D eigenvalue weighted by Crippen LogP contribution is -2.30. The van der Waals surface area contributed by atoms with Gasteiger partial charge in [-0.05, 0) is 23.8 Å². The summed E-state index contributed by atoms with van der Waals surface area (Å²) < 4.78 is 5.63. The molecule has 7 nitrogen and oxygen atoms in total. The van der Waals surface area contributed by atoms with E-state index in [9.17, 15) is 14.7 Å². The zero-order valence-corrected chi connectivity index (χ0v) is 13.5. The van der Waals surface area contributed by atoms with Crippen LogP contribution in [0.15, 0.2) is 47.3 Å². The van der Waals surface area contributed by atoms with Crippen molar-refractivity contribution in [1.82, 2.24) is 9.80 Å². The van der Waals surface area contributed by atoms with Crippen molar-refractivity contribution in [3.05, 3.63) is 47.3 Å². The maximum Gasteiger partial charge on any atom is 0.183 e. The second-order valence-corrected chi connectivity index (χ2v) is 5.97. The Morgan fingerprint density at radius 2 is 2.17 bits per heavy atom. The number of ketones is 2. The van der Waals surface area contributed by atoms with Crippen molar-refractivity contribution in [2.75, 3.05) is 20.7 Å². The number of fused-ring (bicyclic) bond motifs is 1. The number of likely N-dealkylation sites (tertiary alicyclic amines) is 1. The molecule has 3 aliphatic rings. The van der Waals surface area contributed by atoms with E-state index in [-0.39, 0.29) is 30.3 Å². The molecule has 2 N–H and O–H groups in total. The van der Waals surface area contributed by atoms with Crippen molar-refractivity contribution in [2.45, 2.75) is 18.9 Å². The van der Waals surface area contributed by atoms with Gasteiger partial charge in [0.05, 0.1) is 11.4 Å². The number of hydrogen-bond acceptors (Lipinski definition) is 7. The van der Waals surface area contributed by atoms with Crippen LogP contribution in [0.1, 0.15) is 6.42 Å². The Labute approximate surface area is 139 Å². The number of hydrogen-bond donors (Lipinski definition) is 2. The van der Waals surface area contributed by atoms with Gasteiger partial charge in [0.1, 0.15) is 12.8 Å². The highest BCUT2D eigenvalue weighted by molar-refractivity contribution is 6.05. The van der Waals surface area contributed by atoms with Crippen molar-refractivity contribution < 1.29 is 19.4 Å². The standard InChI is InChI=1S/C17H19N3O4/c1-19-15(13(18)8-16(19)23)7-12(22)9-24-17-5-10-3-4-11(21)6-14(10)20(17)2/h3-7,16-18,23H,8-9H2,1-2H3. The topological polar surface area (TPSA) is 93.9 Å². The summed E-state index contributed by atoms with van der Waals surface area (Å²) in [5.41, 5.74) is 2.32. The van der Waals surface area contributed by atoms with Gasteiger partial charge in [0, 0.05) is 38.4 Å². The first-order chi connectivity index (χ1) is 11.4. The normalized spacial score (nSPS) is 27.7. The lowest BCUT2D eigenvalue weighted by molar-refractivity contribution is -0.122. The number of allylic oxidation sites excluding steroid dienone is 4. The van der Waals surface area contributed by atoms with Crippen LogP contribution in [0.5, 0.6) is 0 Å². The number of carbonyl (C=O) groups excluding carboxylic acids is 2. The van der Waals surface area contributed by atoms with Gasteiger partial charge in [-0.3, -0.25) is 9.59 Å². The van der Waals surface area contributed by atoms with Gasteiger partial charge in [0.25, 0.3) is 0 Å². The number of carbonyl (C=O) groups is 2. The van der Waals surface area contributed by atoms with E-state index in [0.717, 1.165) is 11.3 Å². The van der Waals surface area contributed by atoms with Crippen LogP contribution in [0.4, 0.5) is 0 Å². The average Bonchev–Trinajstić information content (AvgIpc) is 2.97. The molecule has 0 radical (unpaired) electrons. The molecule has 2 heterocycles. The molecule has 1 saturated heterocycles. The van der Waals surface area contributed by atoms with Crippen LogP contribution in [-0.2, 0) is 14.3 Å². The SMILES string of the molecule is CN1C(=CC(=O)COC2C=C3C=CC(=O)C=C3N2C)C(=N)CC1O. The number of nitrogens with zero attached hydrogens (tertiary/aromatic N) is 2. The Morgan fingerprint density at radius 3 is 2.83 bits per heavy atom. The molecule has 24 heavy (non-hydrogen) atoms. The van der Waals surface area contributed by atoms with Crippen LogP contribution < -0.4 is 0 Å². The predicted molar refractivity (Wildman–Crippen MR) is 87.0 cm³/mol. The summed E-state index contributed by atoms with van der Waals surface area (Å²) in [5, 5.41) is 17.5. The summed E-state index contributed by atoms with van der Waals surface area (Å²) in [6.45, 7) is -0.148. The number of nitrogens with one attached hydrogen (secondary N) is 1. The minimum absolute atomic E-state index is 0.0724. The van der Waals surface area contributed by atoms with E-state index >= 15 is 0 Å². The van der Waals surface area contributed by atoms with E-state index in [1.165, 1.54) is 23.1 Å². The lowest BCUT2D eigenvalue weighted by Gasteiger charge is -2.23. The quantitative estimate of drug-likeness (QED) is 0.723. The van der Waals surface area contributed by atoms with Crippen molar-refractivity contribution in [1.29, 1.82) is 5.41 Å². The number of aliphatic hydroxyl groups is 1. The van der Waals surface area contributed by atoms with Crippen LogP contribution in [-0.4, -0.2) is 65.3 Å². The predicted octanol–water partition coefficient (Wildman–Crippen LogP) is 0.350. The fraction of sp³-hybridized carbons (Fsp3) is 0.353. The van der Waals surface area contributed by atoms with Crippen LogP contribution in [0, 0.1) is 5.41 Å². The number of aliphatic hydroxyl groups excluding tert-OH is 1. The summed E-state index contributed by atoms with van der Waals surface area (Å²) in [4.78, 5) is 26.8. The third kappa shape index (κ3) is 2.95. The summed E-state index contributed by atoms with van der Waals surface area (Å²) in [5.74, 6) is -0.352. The Morgan fingerprint density at radius 1 is 1.42 bits per heavy atom. The maximum atomic E-state index is 12.1. The maximum absolute atomic E-state index is 12.1. The fourth-order valence-corrected chi connectivity index (χ4v) is 2.88. The van der Waals surface area contributed by atoms with Crippen LogP contribution in [0.25, 0.3) is 0 Å². The average molecular weight is 329 g/mol. The zero-order valence-electron chi connectivity index (χ0n) is 13.5. The molecule has 0 aromatic carbocycles. The summed E-state index contributed by atoms with van der Waals surface area (Å²) in [6, 6.07) is 0. The van der Waals surface area contributed by atoms with E-state index < -0.39 is 12.5 Å². The monoisotopic (exact) mass is 329 g/mol. The van der Waals surface area contributed by atoms with E-state index in [2.05, 4.69) is 0 Å². The van der Waals surface area contributed by atoms with Crippen LogP contribution >= 0.6 is 0 Å². The van der Waals surface area contributed by atoms with Crippen molar-refractivity contribution in [3.8, 4) is 0 Å². The highest BCUT2D eigenvalue weighted by Gasteiger charge is 2.30. The van der Waals surface area contributed by atoms with Gasteiger partial charge in [-0.2, -0.15) is 0 Å². The Bertz CT molecular complexity index is 732. The molecular weight excluding hydrogens is 310 g/mol. The molecule has 1 fully saturated rings. The number of likely N-dealkylation sites (N-methyl/N-ethyl adjacent to an activating group) is 1. The molecule has 2 atom stereocenters. The zero-order chi connectivity index (χ0) is 17.4. The first-order valence-corrected chi connectivity index (χ1v) is 7.60. The smallest absolute Gasteiger partial charge is 0.183 e. The number of ether oxygens (including phenoxy) is 1. The summed E-state index contributed by atoms with van der Waals surface area (Å²) in [6.07, 6.45) is 6.97. The minimum atomic E-state index is -0.762. The highest BCUT2D eigenvalue weighted by atomic mass is 16.5. The van der Waals surface area contributed by atoms with Gasteiger partial charge >= 0.3 is 0 Å². The molecule has 2 aliphatic heterocycles. The third-order valence-electron chi connectivity index (χ3n) is 4.30. The Hall–Kier alpha value is -2.51. The van der Waals surface area contributed by atoms with Crippen molar-refractivity contribution in [2.24, 2.45) is 0 Å². The third-order valence-corrected chi connectivity index (χ3v) is 4.30. The molecule has 3 rings (SSSR count). The van der Waals surface area contributed by atoms with Gasteiger partial charge in [-0.1, -0.05) is 0 Å². The van der Waals surface area contributed by atoms with Crippen LogP contribution in [0.3, 0.4) is 0 Å². The van der Waals surface area contributed by atoms with E-state index in [1.54, 1.807) is 25.1 Å². The molecule has 0 spiro atoms. The molecule has 0 aromatic heterocycles. The van der Waals surface area contributed by atoms with Gasteiger partial charge in [0.15, 0.2) is 17.8 Å². The van der Waals surface area contributed by atoms with E-state index in [4.69, 9.17) is 10.1 Å². The molecule has 0 bridgehead atoms. The highest BCUT2D eigenvalue weighted by Crippen LogP contribution is 2.29. The van der Waals surface area contributed by atoms with Gasteiger partial charge in [0.2, 0.25) is 0 Å². The first kappa shape index (κ1) is 16.4. The second kappa shape index (κ2) is 6.18. The summed E-state index contributed by atoms with van der Waals surface area (Å²) in [7, 11) is 3.44. The lowest BCUT2D eigenvalue weighted by atomic mass is 10.1. The Balaban J connectivity index is 1.63. The second-order valence-electron chi connectivity index (χ2n) is 5.97. The van der Waals surface area contributed by atoms with Gasteiger partial charge in [-0.25, -0.2) is 0 Å². The molecule has 7 heteroatoms. The van der Waals surface area contributed by atoms with Crippen LogP contribution in [0.2, 0.25) is 0 Å². The first-order valence-electron chi connectivity index (χ1n) is 7.60. The van der Waals surface area contributed by atoms with Gasteiger partial charge < -0.3 is 25.1 Å². The molecule has 0 amide bonds.